The average Bonchev–Trinajstić information content (AvgIpc) is 2.39. The lowest BCUT2D eigenvalue weighted by molar-refractivity contribution is 0.473. The number of pyridine rings is 1. The highest BCUT2D eigenvalue weighted by Gasteiger charge is 2.22. The van der Waals surface area contributed by atoms with E-state index in [2.05, 4.69) is 16.6 Å². The number of nitrogens with one attached hydrogen (secondary N) is 1. The van der Waals surface area contributed by atoms with Crippen molar-refractivity contribution in [3.05, 3.63) is 24.0 Å². The molecular formula is C13H19N3S2. The molecule has 0 spiro atoms. The summed E-state index contributed by atoms with van der Waals surface area (Å²) >= 11 is 7.00. The van der Waals surface area contributed by atoms with Gasteiger partial charge < -0.3 is 11.1 Å². The molecule has 5 heteroatoms. The van der Waals surface area contributed by atoms with Crippen LogP contribution < -0.4 is 11.1 Å². The molecular weight excluding hydrogens is 262 g/mol. The fourth-order valence-corrected chi connectivity index (χ4v) is 3.42. The summed E-state index contributed by atoms with van der Waals surface area (Å²) in [7, 11) is 0. The highest BCUT2D eigenvalue weighted by molar-refractivity contribution is 7.99. The Hall–Kier alpha value is -0.810. The third-order valence-electron chi connectivity index (χ3n) is 3.36. The second-order valence-electron chi connectivity index (χ2n) is 4.63. The number of rotatable bonds is 4. The number of aromatic nitrogens is 1. The summed E-state index contributed by atoms with van der Waals surface area (Å²) in [5.74, 6) is 0. The quantitative estimate of drug-likeness (QED) is 0.831. The first-order valence-electron chi connectivity index (χ1n) is 6.25. The summed E-state index contributed by atoms with van der Waals surface area (Å²) in [4.78, 5) is 4.61. The number of anilines is 1. The first-order valence-corrected chi connectivity index (χ1v) is 7.94. The molecule has 3 N–H and O–H groups in total. The summed E-state index contributed by atoms with van der Waals surface area (Å²) in [6.45, 7) is 0. The molecule has 2 rings (SSSR count). The third kappa shape index (κ3) is 3.36. The van der Waals surface area contributed by atoms with Crippen LogP contribution in [-0.2, 0) is 0 Å². The van der Waals surface area contributed by atoms with Crippen molar-refractivity contribution >= 4 is 34.7 Å². The Labute approximate surface area is 118 Å². The molecule has 0 aromatic carbocycles. The second-order valence-corrected chi connectivity index (χ2v) is 6.21. The minimum absolute atomic E-state index is 0.357. The van der Waals surface area contributed by atoms with E-state index in [0.717, 1.165) is 10.9 Å². The molecule has 1 heterocycles. The molecule has 2 unspecified atom stereocenters. The largest absolute Gasteiger partial charge is 0.388 e. The smallest absolute Gasteiger partial charge is 0.124 e. The van der Waals surface area contributed by atoms with Crippen LogP contribution in [0, 0.1) is 0 Å². The normalized spacial score (nSPS) is 23.6. The minimum atomic E-state index is 0.357. The van der Waals surface area contributed by atoms with Crippen molar-refractivity contribution in [1.82, 2.24) is 4.98 Å². The lowest BCUT2D eigenvalue weighted by Gasteiger charge is -2.29. The summed E-state index contributed by atoms with van der Waals surface area (Å²) in [6.07, 6.45) is 8.94. The molecule has 18 heavy (non-hydrogen) atoms. The molecule has 0 amide bonds. The number of nitrogens with two attached hydrogens (primary N) is 1. The minimum Gasteiger partial charge on any atom is -0.388 e. The third-order valence-corrected chi connectivity index (χ3v) is 4.65. The first-order chi connectivity index (χ1) is 8.70. The van der Waals surface area contributed by atoms with Gasteiger partial charge in [0.2, 0.25) is 0 Å². The fraction of sp³-hybridized carbons (Fsp3) is 0.538. The molecule has 0 aliphatic heterocycles. The monoisotopic (exact) mass is 281 g/mol. The zero-order chi connectivity index (χ0) is 13.0. The van der Waals surface area contributed by atoms with Gasteiger partial charge in [-0.05, 0) is 37.7 Å². The van der Waals surface area contributed by atoms with Gasteiger partial charge in [-0.3, -0.25) is 4.98 Å². The van der Waals surface area contributed by atoms with Gasteiger partial charge in [-0.15, -0.1) is 0 Å². The second kappa shape index (κ2) is 6.38. The highest BCUT2D eigenvalue weighted by atomic mass is 32.2. The van der Waals surface area contributed by atoms with E-state index >= 15 is 0 Å². The maximum absolute atomic E-state index is 5.70. The Morgan fingerprint density at radius 3 is 3.11 bits per heavy atom. The van der Waals surface area contributed by atoms with Crippen LogP contribution in [0.3, 0.4) is 0 Å². The first kappa shape index (κ1) is 13.6. The topological polar surface area (TPSA) is 50.9 Å². The molecule has 1 aliphatic rings. The van der Waals surface area contributed by atoms with Crippen molar-refractivity contribution < 1.29 is 0 Å². The number of thiocarbonyl (C=S) groups is 1. The van der Waals surface area contributed by atoms with Gasteiger partial charge in [0.15, 0.2) is 0 Å². The van der Waals surface area contributed by atoms with Crippen LogP contribution in [0.2, 0.25) is 0 Å². The molecule has 1 aliphatic carbocycles. The van der Waals surface area contributed by atoms with Crippen molar-refractivity contribution in [2.24, 2.45) is 5.73 Å². The molecule has 0 saturated heterocycles. The van der Waals surface area contributed by atoms with Crippen LogP contribution in [0.4, 0.5) is 5.69 Å². The summed E-state index contributed by atoms with van der Waals surface area (Å²) in [5.41, 5.74) is 7.37. The molecule has 1 aromatic rings. The Kier molecular flexibility index (Phi) is 4.83. The molecule has 98 valence electrons. The Balaban J connectivity index is 2.07. The average molecular weight is 281 g/mol. The van der Waals surface area contributed by atoms with Gasteiger partial charge in [-0.1, -0.05) is 18.6 Å². The SMILES string of the molecule is CSC1CCCC(Nc2cccnc2C(N)=S)C1. The van der Waals surface area contributed by atoms with E-state index in [1.54, 1.807) is 6.20 Å². The van der Waals surface area contributed by atoms with E-state index in [1.807, 2.05) is 23.9 Å². The molecule has 1 saturated carbocycles. The highest BCUT2D eigenvalue weighted by Crippen LogP contribution is 2.29. The van der Waals surface area contributed by atoms with Crippen LogP contribution >= 0.6 is 24.0 Å². The van der Waals surface area contributed by atoms with Crippen molar-refractivity contribution in [1.29, 1.82) is 0 Å². The molecule has 0 radical (unpaired) electrons. The lowest BCUT2D eigenvalue weighted by atomic mass is 9.94. The van der Waals surface area contributed by atoms with Crippen LogP contribution in [0.15, 0.2) is 18.3 Å². The fourth-order valence-electron chi connectivity index (χ4n) is 2.43. The zero-order valence-electron chi connectivity index (χ0n) is 10.6. The predicted octanol–water partition coefficient (Wildman–Crippen LogP) is 2.80. The van der Waals surface area contributed by atoms with Gasteiger partial charge >= 0.3 is 0 Å². The summed E-state index contributed by atoms with van der Waals surface area (Å²) in [6, 6.07) is 4.43. The molecule has 2 atom stereocenters. The molecule has 3 nitrogen and oxygen atoms in total. The zero-order valence-corrected chi connectivity index (χ0v) is 12.2. The van der Waals surface area contributed by atoms with Crippen LogP contribution in [0.1, 0.15) is 31.4 Å². The van der Waals surface area contributed by atoms with Crippen molar-refractivity contribution in [3.8, 4) is 0 Å². The maximum Gasteiger partial charge on any atom is 0.124 e. The van der Waals surface area contributed by atoms with E-state index in [-0.39, 0.29) is 0 Å². The number of hydrogen-bond donors (Lipinski definition) is 2. The number of thioether (sulfide) groups is 1. The van der Waals surface area contributed by atoms with E-state index in [1.165, 1.54) is 25.7 Å². The van der Waals surface area contributed by atoms with Crippen LogP contribution in [0.5, 0.6) is 0 Å². The van der Waals surface area contributed by atoms with Gasteiger partial charge in [0, 0.05) is 17.5 Å². The van der Waals surface area contributed by atoms with Gasteiger partial charge in [0.25, 0.3) is 0 Å². The standard InChI is InChI=1S/C13H19N3S2/c1-18-10-5-2-4-9(8-10)16-11-6-3-7-15-12(11)13(14)17/h3,6-7,9-10,16H,2,4-5,8H2,1H3,(H2,14,17). The molecule has 0 bridgehead atoms. The molecule has 1 aromatic heterocycles. The number of hydrogen-bond acceptors (Lipinski definition) is 4. The van der Waals surface area contributed by atoms with Gasteiger partial charge in [-0.2, -0.15) is 11.8 Å². The molecule has 1 fully saturated rings. The lowest BCUT2D eigenvalue weighted by Crippen LogP contribution is -2.29. The van der Waals surface area contributed by atoms with Gasteiger partial charge in [0.05, 0.1) is 5.69 Å². The Morgan fingerprint density at radius 2 is 2.39 bits per heavy atom. The summed E-state index contributed by atoms with van der Waals surface area (Å²) in [5, 5.41) is 4.32. The number of nitrogens with zero attached hydrogens (tertiary/aromatic N) is 1. The Bertz CT molecular complexity index is 422. The van der Waals surface area contributed by atoms with Crippen LogP contribution in [0.25, 0.3) is 0 Å². The van der Waals surface area contributed by atoms with E-state index in [0.29, 0.717) is 16.7 Å². The predicted molar refractivity (Wildman–Crippen MR) is 83.3 cm³/mol. The van der Waals surface area contributed by atoms with E-state index in [4.69, 9.17) is 18.0 Å². The van der Waals surface area contributed by atoms with E-state index < -0.39 is 0 Å². The van der Waals surface area contributed by atoms with Crippen molar-refractivity contribution in [2.45, 2.75) is 37.0 Å². The van der Waals surface area contributed by atoms with Crippen molar-refractivity contribution in [2.75, 3.05) is 11.6 Å². The summed E-state index contributed by atoms with van der Waals surface area (Å²) < 4.78 is 0. The van der Waals surface area contributed by atoms with E-state index in [9.17, 15) is 0 Å². The van der Waals surface area contributed by atoms with Gasteiger partial charge in [0.1, 0.15) is 10.7 Å². The van der Waals surface area contributed by atoms with Crippen LogP contribution in [-0.4, -0.2) is 27.5 Å². The van der Waals surface area contributed by atoms with Gasteiger partial charge in [-0.25, -0.2) is 0 Å². The Morgan fingerprint density at radius 1 is 1.56 bits per heavy atom. The van der Waals surface area contributed by atoms with Crippen molar-refractivity contribution in [3.63, 3.8) is 0 Å². The maximum atomic E-state index is 5.70.